The van der Waals surface area contributed by atoms with Crippen LogP contribution >= 0.6 is 0 Å². The Bertz CT molecular complexity index is 594. The van der Waals surface area contributed by atoms with Crippen LogP contribution in [-0.2, 0) is 6.18 Å². The summed E-state index contributed by atoms with van der Waals surface area (Å²) < 4.78 is 37.1. The van der Waals surface area contributed by atoms with Gasteiger partial charge in [0.25, 0.3) is 5.91 Å². The Labute approximate surface area is 112 Å². The monoisotopic (exact) mass is 284 g/mol. The molecule has 1 amide bonds. The third-order valence-electron chi connectivity index (χ3n) is 2.67. The highest BCUT2D eigenvalue weighted by atomic mass is 19.4. The Kier molecular flexibility index (Phi) is 3.73. The normalized spacial score (nSPS) is 13.0. The zero-order valence-electron chi connectivity index (χ0n) is 10.4. The highest BCUT2D eigenvalue weighted by Gasteiger charge is 2.33. The lowest BCUT2D eigenvalue weighted by Gasteiger charge is -2.12. The zero-order chi connectivity index (χ0) is 14.8. The molecule has 2 aromatic rings. The Morgan fingerprint density at radius 2 is 2.00 bits per heavy atom. The van der Waals surface area contributed by atoms with Crippen molar-refractivity contribution in [1.82, 2.24) is 20.5 Å². The predicted molar refractivity (Wildman–Crippen MR) is 63.7 cm³/mol. The molecule has 1 atom stereocenters. The molecule has 8 heteroatoms. The lowest BCUT2D eigenvalue weighted by Crippen LogP contribution is -2.26. The van der Waals surface area contributed by atoms with Gasteiger partial charge in [0, 0.05) is 18.5 Å². The van der Waals surface area contributed by atoms with E-state index in [0.717, 1.165) is 5.56 Å². The predicted octanol–water partition coefficient (Wildman–Crippen LogP) is 2.31. The lowest BCUT2D eigenvalue weighted by atomic mass is 10.1. The van der Waals surface area contributed by atoms with Crippen molar-refractivity contribution >= 4 is 5.91 Å². The van der Waals surface area contributed by atoms with E-state index >= 15 is 0 Å². The molecule has 2 N–H and O–H groups in total. The summed E-state index contributed by atoms with van der Waals surface area (Å²) in [6.07, 6.45) is -1.43. The number of alkyl halides is 3. The molecular weight excluding hydrogens is 273 g/mol. The SMILES string of the molecule is C[C@H](NC(=O)c1cc(C(F)(F)F)[nH]n1)c1ccncc1. The maximum atomic E-state index is 12.4. The van der Waals surface area contributed by atoms with Crippen LogP contribution in [0.3, 0.4) is 0 Å². The Balaban J connectivity index is 2.07. The highest BCUT2D eigenvalue weighted by molar-refractivity contribution is 5.92. The highest BCUT2D eigenvalue weighted by Crippen LogP contribution is 2.27. The molecular formula is C12H11F3N4O. The third kappa shape index (κ3) is 3.14. The molecule has 106 valence electrons. The first kappa shape index (κ1) is 14.0. The first-order valence-corrected chi connectivity index (χ1v) is 5.71. The summed E-state index contributed by atoms with van der Waals surface area (Å²) in [6.45, 7) is 1.71. The second kappa shape index (κ2) is 5.32. The summed E-state index contributed by atoms with van der Waals surface area (Å²) in [6, 6.07) is 3.72. The molecule has 0 aliphatic heterocycles. The molecule has 0 spiro atoms. The van der Waals surface area contributed by atoms with Crippen LogP contribution in [0.2, 0.25) is 0 Å². The number of nitrogens with zero attached hydrogens (tertiary/aromatic N) is 2. The molecule has 0 aromatic carbocycles. The number of pyridine rings is 1. The number of H-pyrrole nitrogens is 1. The van der Waals surface area contributed by atoms with Gasteiger partial charge in [-0.2, -0.15) is 18.3 Å². The van der Waals surface area contributed by atoms with Crippen molar-refractivity contribution in [3.8, 4) is 0 Å². The molecule has 0 unspecified atom stereocenters. The number of nitrogens with one attached hydrogen (secondary N) is 2. The van der Waals surface area contributed by atoms with Crippen LogP contribution in [0.15, 0.2) is 30.6 Å². The van der Waals surface area contributed by atoms with E-state index in [9.17, 15) is 18.0 Å². The van der Waals surface area contributed by atoms with Crippen molar-refractivity contribution in [3.63, 3.8) is 0 Å². The molecule has 2 heterocycles. The summed E-state index contributed by atoms with van der Waals surface area (Å²) in [7, 11) is 0. The van der Waals surface area contributed by atoms with Gasteiger partial charge in [0.1, 0.15) is 5.69 Å². The summed E-state index contributed by atoms with van der Waals surface area (Å²) >= 11 is 0. The largest absolute Gasteiger partial charge is 0.432 e. The van der Waals surface area contributed by atoms with Gasteiger partial charge < -0.3 is 5.32 Å². The Morgan fingerprint density at radius 3 is 2.55 bits per heavy atom. The number of hydrogen-bond acceptors (Lipinski definition) is 3. The number of carbonyl (C=O) groups is 1. The van der Waals surface area contributed by atoms with Gasteiger partial charge in [-0.3, -0.25) is 14.9 Å². The van der Waals surface area contributed by atoms with E-state index in [1.54, 1.807) is 36.5 Å². The van der Waals surface area contributed by atoms with E-state index in [0.29, 0.717) is 6.07 Å². The number of halogens is 3. The van der Waals surface area contributed by atoms with Crippen molar-refractivity contribution in [2.75, 3.05) is 0 Å². The van der Waals surface area contributed by atoms with Crippen molar-refractivity contribution in [1.29, 1.82) is 0 Å². The second-order valence-corrected chi connectivity index (χ2v) is 4.14. The molecule has 20 heavy (non-hydrogen) atoms. The first-order chi connectivity index (χ1) is 9.38. The molecule has 0 saturated heterocycles. The van der Waals surface area contributed by atoms with Gasteiger partial charge in [0.2, 0.25) is 0 Å². The summed E-state index contributed by atoms with van der Waals surface area (Å²) in [4.78, 5) is 15.6. The van der Waals surface area contributed by atoms with Gasteiger partial charge >= 0.3 is 6.18 Å². The molecule has 0 saturated carbocycles. The Morgan fingerprint density at radius 1 is 1.35 bits per heavy atom. The van der Waals surface area contributed by atoms with Gasteiger partial charge in [-0.25, -0.2) is 0 Å². The number of hydrogen-bond donors (Lipinski definition) is 2. The fourth-order valence-corrected chi connectivity index (χ4v) is 1.59. The van der Waals surface area contributed by atoms with E-state index in [-0.39, 0.29) is 11.7 Å². The summed E-state index contributed by atoms with van der Waals surface area (Å²) in [5.41, 5.74) is -0.572. The van der Waals surface area contributed by atoms with Crippen LogP contribution in [0.4, 0.5) is 13.2 Å². The molecule has 0 radical (unpaired) electrons. The van der Waals surface area contributed by atoms with Crippen molar-refractivity contribution in [2.24, 2.45) is 0 Å². The molecule has 0 aliphatic carbocycles. The number of aromatic amines is 1. The smallest absolute Gasteiger partial charge is 0.344 e. The van der Waals surface area contributed by atoms with Crippen molar-refractivity contribution in [2.45, 2.75) is 19.1 Å². The van der Waals surface area contributed by atoms with Crippen LogP contribution in [0.1, 0.15) is 34.7 Å². The maximum Gasteiger partial charge on any atom is 0.432 e. The minimum absolute atomic E-state index is 0.307. The Hall–Kier alpha value is -2.38. The van der Waals surface area contributed by atoms with E-state index in [2.05, 4.69) is 15.4 Å². The van der Waals surface area contributed by atoms with E-state index < -0.39 is 17.8 Å². The minimum atomic E-state index is -4.55. The average molecular weight is 284 g/mol. The standard InChI is InChI=1S/C12H11F3N4O/c1-7(8-2-4-16-5-3-8)17-11(20)9-6-10(19-18-9)12(13,14)15/h2-7H,1H3,(H,17,20)(H,18,19)/t7-/m0/s1. The topological polar surface area (TPSA) is 70.7 Å². The number of rotatable bonds is 3. The molecule has 0 aliphatic rings. The lowest BCUT2D eigenvalue weighted by molar-refractivity contribution is -0.141. The quantitative estimate of drug-likeness (QED) is 0.908. The zero-order valence-corrected chi connectivity index (χ0v) is 10.4. The number of carbonyl (C=O) groups excluding carboxylic acids is 1. The number of aromatic nitrogens is 3. The van der Waals surface area contributed by atoms with Gasteiger partial charge in [0.05, 0.1) is 6.04 Å². The van der Waals surface area contributed by atoms with Gasteiger partial charge in [-0.1, -0.05) is 0 Å². The fourth-order valence-electron chi connectivity index (χ4n) is 1.59. The second-order valence-electron chi connectivity index (χ2n) is 4.14. The van der Waals surface area contributed by atoms with E-state index in [1.807, 2.05) is 0 Å². The van der Waals surface area contributed by atoms with Crippen molar-refractivity contribution < 1.29 is 18.0 Å². The molecule has 0 fully saturated rings. The van der Waals surface area contributed by atoms with Gasteiger partial charge in [-0.05, 0) is 24.6 Å². The van der Waals surface area contributed by atoms with Crippen molar-refractivity contribution in [3.05, 3.63) is 47.5 Å². The molecule has 2 aromatic heterocycles. The maximum absolute atomic E-state index is 12.4. The van der Waals surface area contributed by atoms with Gasteiger partial charge in [-0.15, -0.1) is 0 Å². The first-order valence-electron chi connectivity index (χ1n) is 5.71. The average Bonchev–Trinajstić information content (AvgIpc) is 2.89. The van der Waals surface area contributed by atoms with Gasteiger partial charge in [0.15, 0.2) is 5.69 Å². The molecule has 0 bridgehead atoms. The van der Waals surface area contributed by atoms with Crippen LogP contribution in [0, 0.1) is 0 Å². The minimum Gasteiger partial charge on any atom is -0.344 e. The van der Waals surface area contributed by atoms with E-state index in [4.69, 9.17) is 0 Å². The molecule has 2 rings (SSSR count). The summed E-state index contributed by atoms with van der Waals surface area (Å²) in [5, 5.41) is 7.71. The summed E-state index contributed by atoms with van der Waals surface area (Å²) in [5.74, 6) is -0.680. The third-order valence-corrected chi connectivity index (χ3v) is 2.67. The fraction of sp³-hybridized carbons (Fsp3) is 0.250. The van der Waals surface area contributed by atoms with E-state index in [1.165, 1.54) is 0 Å². The van der Waals surface area contributed by atoms with Crippen LogP contribution in [0.5, 0.6) is 0 Å². The number of amides is 1. The van der Waals surface area contributed by atoms with Crippen LogP contribution in [-0.4, -0.2) is 21.1 Å². The van der Waals surface area contributed by atoms with Crippen LogP contribution in [0.25, 0.3) is 0 Å². The molecule has 5 nitrogen and oxygen atoms in total. The van der Waals surface area contributed by atoms with Crippen LogP contribution < -0.4 is 5.32 Å².